The van der Waals surface area contributed by atoms with Crippen molar-refractivity contribution < 1.29 is 14.6 Å². The molecule has 26 heavy (non-hydrogen) atoms. The van der Waals surface area contributed by atoms with Crippen LogP contribution in [0.3, 0.4) is 0 Å². The highest BCUT2D eigenvalue weighted by Crippen LogP contribution is 2.19. The summed E-state index contributed by atoms with van der Waals surface area (Å²) in [6.45, 7) is 3.58. The van der Waals surface area contributed by atoms with E-state index in [1.807, 2.05) is 48.5 Å². The van der Waals surface area contributed by atoms with Gasteiger partial charge in [0.25, 0.3) is 5.91 Å². The summed E-state index contributed by atoms with van der Waals surface area (Å²) in [7, 11) is 0. The minimum atomic E-state index is -0.172. The Labute approximate surface area is 154 Å². The van der Waals surface area contributed by atoms with Crippen LogP contribution in [0, 0.1) is 0 Å². The van der Waals surface area contributed by atoms with Gasteiger partial charge in [-0.1, -0.05) is 42.5 Å². The van der Waals surface area contributed by atoms with Crippen molar-refractivity contribution in [1.29, 1.82) is 0 Å². The van der Waals surface area contributed by atoms with E-state index < -0.39 is 0 Å². The number of aliphatic hydroxyl groups excluding tert-OH is 1. The summed E-state index contributed by atoms with van der Waals surface area (Å²) in [5.41, 5.74) is 1.62. The van der Waals surface area contributed by atoms with Crippen molar-refractivity contribution in [3.8, 4) is 5.75 Å². The van der Waals surface area contributed by atoms with Crippen LogP contribution in [0.15, 0.2) is 54.6 Å². The van der Waals surface area contributed by atoms with Gasteiger partial charge in [-0.2, -0.15) is 0 Å². The molecule has 2 aromatic rings. The van der Waals surface area contributed by atoms with Crippen molar-refractivity contribution in [1.82, 2.24) is 10.2 Å². The predicted molar refractivity (Wildman–Crippen MR) is 101 cm³/mol. The van der Waals surface area contributed by atoms with Crippen molar-refractivity contribution in [2.75, 3.05) is 26.2 Å². The Balaban J connectivity index is 1.50. The zero-order chi connectivity index (χ0) is 18.2. The molecule has 2 aromatic carbocycles. The number of likely N-dealkylation sites (tertiary alicyclic amines) is 1. The fraction of sp³-hybridized carbons (Fsp3) is 0.381. The standard InChI is InChI=1S/C21H26N2O3/c24-18-10-13-23(14-11-18)15-12-22-21(25)19-8-4-5-9-20(19)26-16-17-6-2-1-3-7-17/h1-9,18,24H,10-16H2,(H,22,25). The molecule has 1 aliphatic heterocycles. The lowest BCUT2D eigenvalue weighted by Gasteiger charge is -2.29. The molecule has 0 unspecified atom stereocenters. The maximum atomic E-state index is 12.5. The SMILES string of the molecule is O=C(NCCN1CCC(O)CC1)c1ccccc1OCc1ccccc1. The van der Waals surface area contributed by atoms with E-state index in [4.69, 9.17) is 4.74 Å². The van der Waals surface area contributed by atoms with Gasteiger partial charge in [-0.3, -0.25) is 4.79 Å². The number of rotatable bonds is 7. The number of benzene rings is 2. The molecule has 0 aliphatic carbocycles. The van der Waals surface area contributed by atoms with E-state index >= 15 is 0 Å². The maximum Gasteiger partial charge on any atom is 0.255 e. The molecule has 0 spiro atoms. The number of aliphatic hydroxyl groups is 1. The van der Waals surface area contributed by atoms with Crippen molar-refractivity contribution >= 4 is 5.91 Å². The number of nitrogens with zero attached hydrogens (tertiary/aromatic N) is 1. The van der Waals surface area contributed by atoms with Gasteiger partial charge in [0.2, 0.25) is 0 Å². The van der Waals surface area contributed by atoms with Crippen LogP contribution in [0.5, 0.6) is 5.75 Å². The minimum Gasteiger partial charge on any atom is -0.488 e. The molecule has 1 fully saturated rings. The monoisotopic (exact) mass is 354 g/mol. The van der Waals surface area contributed by atoms with Gasteiger partial charge in [0.05, 0.1) is 11.7 Å². The van der Waals surface area contributed by atoms with E-state index in [1.165, 1.54) is 0 Å². The van der Waals surface area contributed by atoms with Crippen LogP contribution in [-0.4, -0.2) is 48.2 Å². The molecule has 5 nitrogen and oxygen atoms in total. The number of nitrogens with one attached hydrogen (secondary N) is 1. The minimum absolute atomic E-state index is 0.120. The molecule has 0 bridgehead atoms. The molecule has 0 aromatic heterocycles. The van der Waals surface area contributed by atoms with Crippen LogP contribution in [0.1, 0.15) is 28.8 Å². The quantitative estimate of drug-likeness (QED) is 0.802. The lowest BCUT2D eigenvalue weighted by atomic mass is 10.1. The average Bonchev–Trinajstić information content (AvgIpc) is 2.69. The van der Waals surface area contributed by atoms with Crippen LogP contribution in [0.2, 0.25) is 0 Å². The molecule has 1 heterocycles. The van der Waals surface area contributed by atoms with Gasteiger partial charge < -0.3 is 20.1 Å². The van der Waals surface area contributed by atoms with E-state index in [0.717, 1.165) is 38.0 Å². The van der Waals surface area contributed by atoms with Gasteiger partial charge in [-0.05, 0) is 30.5 Å². The van der Waals surface area contributed by atoms with Gasteiger partial charge in [0.1, 0.15) is 12.4 Å². The number of carbonyl (C=O) groups is 1. The number of hydrogen-bond acceptors (Lipinski definition) is 4. The Kier molecular flexibility index (Phi) is 6.63. The van der Waals surface area contributed by atoms with Gasteiger partial charge >= 0.3 is 0 Å². The topological polar surface area (TPSA) is 61.8 Å². The first-order valence-electron chi connectivity index (χ1n) is 9.17. The Bertz CT molecular complexity index is 697. The molecule has 0 radical (unpaired) electrons. The molecule has 1 amide bonds. The van der Waals surface area contributed by atoms with Crippen LogP contribution >= 0.6 is 0 Å². The van der Waals surface area contributed by atoms with Crippen molar-refractivity contribution in [3.05, 3.63) is 65.7 Å². The van der Waals surface area contributed by atoms with E-state index in [2.05, 4.69) is 10.2 Å². The van der Waals surface area contributed by atoms with E-state index in [0.29, 0.717) is 24.5 Å². The van der Waals surface area contributed by atoms with Crippen molar-refractivity contribution in [2.45, 2.75) is 25.6 Å². The third-order valence-corrected chi connectivity index (χ3v) is 4.64. The van der Waals surface area contributed by atoms with E-state index in [9.17, 15) is 9.90 Å². The molecule has 1 saturated heterocycles. The zero-order valence-electron chi connectivity index (χ0n) is 14.9. The summed E-state index contributed by atoms with van der Waals surface area (Å²) < 4.78 is 5.85. The lowest BCUT2D eigenvalue weighted by molar-refractivity contribution is 0.0803. The van der Waals surface area contributed by atoms with Gasteiger partial charge in [0, 0.05) is 26.2 Å². The molecule has 0 saturated carbocycles. The summed E-state index contributed by atoms with van der Waals surface area (Å²) in [4.78, 5) is 14.8. The number of para-hydroxylation sites is 1. The normalized spacial score (nSPS) is 15.6. The molecule has 2 N–H and O–H groups in total. The molecule has 138 valence electrons. The summed E-state index contributed by atoms with van der Waals surface area (Å²) >= 11 is 0. The highest BCUT2D eigenvalue weighted by Gasteiger charge is 2.17. The predicted octanol–water partition coefficient (Wildman–Crippen LogP) is 2.45. The van der Waals surface area contributed by atoms with Crippen molar-refractivity contribution in [3.63, 3.8) is 0 Å². The van der Waals surface area contributed by atoms with Gasteiger partial charge in [0.15, 0.2) is 0 Å². The van der Waals surface area contributed by atoms with E-state index in [-0.39, 0.29) is 12.0 Å². The Hall–Kier alpha value is -2.37. The number of piperidine rings is 1. The molecule has 3 rings (SSSR count). The fourth-order valence-corrected chi connectivity index (χ4v) is 3.08. The van der Waals surface area contributed by atoms with Crippen LogP contribution in [-0.2, 0) is 6.61 Å². The maximum absolute atomic E-state index is 12.5. The van der Waals surface area contributed by atoms with Gasteiger partial charge in [-0.15, -0.1) is 0 Å². The third-order valence-electron chi connectivity index (χ3n) is 4.64. The molecular formula is C21H26N2O3. The second-order valence-corrected chi connectivity index (χ2v) is 6.60. The first-order valence-corrected chi connectivity index (χ1v) is 9.17. The van der Waals surface area contributed by atoms with Crippen molar-refractivity contribution in [2.24, 2.45) is 0 Å². The molecule has 0 atom stereocenters. The molecule has 5 heteroatoms. The second kappa shape index (κ2) is 9.36. The van der Waals surface area contributed by atoms with Crippen LogP contribution in [0.25, 0.3) is 0 Å². The zero-order valence-corrected chi connectivity index (χ0v) is 14.9. The lowest BCUT2D eigenvalue weighted by Crippen LogP contribution is -2.40. The summed E-state index contributed by atoms with van der Waals surface area (Å²) in [5, 5.41) is 12.5. The fourth-order valence-electron chi connectivity index (χ4n) is 3.08. The Morgan fingerprint density at radius 3 is 2.54 bits per heavy atom. The highest BCUT2D eigenvalue weighted by atomic mass is 16.5. The van der Waals surface area contributed by atoms with Gasteiger partial charge in [-0.25, -0.2) is 0 Å². The van der Waals surface area contributed by atoms with Crippen LogP contribution in [0.4, 0.5) is 0 Å². The first kappa shape index (κ1) is 18.4. The smallest absolute Gasteiger partial charge is 0.255 e. The summed E-state index contributed by atoms with van der Waals surface area (Å²) in [6, 6.07) is 17.2. The largest absolute Gasteiger partial charge is 0.488 e. The third kappa shape index (κ3) is 5.31. The number of carbonyl (C=O) groups excluding carboxylic acids is 1. The highest BCUT2D eigenvalue weighted by molar-refractivity contribution is 5.96. The Morgan fingerprint density at radius 1 is 1.08 bits per heavy atom. The molecular weight excluding hydrogens is 328 g/mol. The number of ether oxygens (including phenoxy) is 1. The molecule has 1 aliphatic rings. The second-order valence-electron chi connectivity index (χ2n) is 6.60. The summed E-state index contributed by atoms with van der Waals surface area (Å²) in [5.74, 6) is 0.473. The van der Waals surface area contributed by atoms with E-state index in [1.54, 1.807) is 6.07 Å². The van der Waals surface area contributed by atoms with Crippen LogP contribution < -0.4 is 10.1 Å². The summed E-state index contributed by atoms with van der Waals surface area (Å²) in [6.07, 6.45) is 1.45. The average molecular weight is 354 g/mol. The first-order chi connectivity index (χ1) is 12.7. The number of hydrogen-bond donors (Lipinski definition) is 2. The number of amides is 1. The Morgan fingerprint density at radius 2 is 1.77 bits per heavy atom.